The second-order valence-corrected chi connectivity index (χ2v) is 6.38. The van der Waals surface area contributed by atoms with Crippen molar-refractivity contribution in [2.24, 2.45) is 0 Å². The molecule has 19 heavy (non-hydrogen) atoms. The molecule has 5 heteroatoms. The van der Waals surface area contributed by atoms with Gasteiger partial charge in [-0.1, -0.05) is 0 Å². The summed E-state index contributed by atoms with van der Waals surface area (Å²) in [6.45, 7) is 2.15. The van der Waals surface area contributed by atoms with Gasteiger partial charge in [0.1, 0.15) is 0 Å². The Kier molecular flexibility index (Phi) is 3.69. The van der Waals surface area contributed by atoms with Crippen molar-refractivity contribution in [3.8, 4) is 0 Å². The number of benzene rings is 2. The van der Waals surface area contributed by atoms with Crippen LogP contribution in [0.4, 0.5) is 5.69 Å². The van der Waals surface area contributed by atoms with Gasteiger partial charge in [-0.3, -0.25) is 0 Å². The van der Waals surface area contributed by atoms with Crippen LogP contribution in [0.2, 0.25) is 0 Å². The molecule has 2 aromatic carbocycles. The molecule has 1 atom stereocenters. The van der Waals surface area contributed by atoms with Crippen LogP contribution in [0, 0.1) is 0 Å². The summed E-state index contributed by atoms with van der Waals surface area (Å²) in [5.41, 5.74) is 4.32. The molecule has 96 valence electrons. The van der Waals surface area contributed by atoms with Crippen LogP contribution in [0.15, 0.2) is 46.9 Å². The second-order valence-electron chi connectivity index (χ2n) is 4.36. The first kappa shape index (κ1) is 12.9. The van der Waals surface area contributed by atoms with Crippen LogP contribution in [0.25, 0.3) is 11.0 Å². The third kappa shape index (κ3) is 2.73. The van der Waals surface area contributed by atoms with E-state index in [2.05, 4.69) is 60.4 Å². The van der Waals surface area contributed by atoms with Gasteiger partial charge in [0.25, 0.3) is 0 Å². The van der Waals surface area contributed by atoms with E-state index < -0.39 is 0 Å². The minimum absolute atomic E-state index is 0.0130. The Morgan fingerprint density at radius 2 is 2.00 bits per heavy atom. The monoisotopic (exact) mass is 381 g/mol. The van der Waals surface area contributed by atoms with Gasteiger partial charge in [-0.05, 0) is 0 Å². The molecule has 3 rings (SSSR count). The molecule has 3 aromatic rings. The zero-order valence-electron chi connectivity index (χ0n) is 10.3. The Morgan fingerprint density at radius 3 is 2.84 bits per heavy atom. The third-order valence-electron chi connectivity index (χ3n) is 3.01. The van der Waals surface area contributed by atoms with E-state index >= 15 is 0 Å². The maximum atomic E-state index is 4.49. The standard InChI is InChI=1S/C14H12BrN3Se/c1-9(10-4-2-5-11(15)8-10)16-12-6-3-7-13-14(12)18-19-17-13/h2-9,16H,1H3. The summed E-state index contributed by atoms with van der Waals surface area (Å²) < 4.78 is 9.99. The molecule has 0 fully saturated rings. The van der Waals surface area contributed by atoms with Gasteiger partial charge in [-0.15, -0.1) is 0 Å². The van der Waals surface area contributed by atoms with Crippen LogP contribution in [-0.4, -0.2) is 22.9 Å². The Labute approximate surface area is 126 Å². The molecule has 0 amide bonds. The summed E-state index contributed by atoms with van der Waals surface area (Å²) in [6, 6.07) is 14.7. The number of rotatable bonds is 3. The second kappa shape index (κ2) is 5.45. The quantitative estimate of drug-likeness (QED) is 0.705. The van der Waals surface area contributed by atoms with Crippen molar-refractivity contribution in [3.63, 3.8) is 0 Å². The van der Waals surface area contributed by atoms with Crippen molar-refractivity contribution in [1.82, 2.24) is 7.96 Å². The van der Waals surface area contributed by atoms with Crippen molar-refractivity contribution in [2.75, 3.05) is 5.32 Å². The van der Waals surface area contributed by atoms with Gasteiger partial charge >= 0.3 is 126 Å². The fraction of sp³-hybridized carbons (Fsp3) is 0.143. The number of fused-ring (bicyclic) bond motifs is 1. The summed E-state index contributed by atoms with van der Waals surface area (Å²) in [5.74, 6) is 0. The van der Waals surface area contributed by atoms with Crippen molar-refractivity contribution >= 4 is 47.6 Å². The van der Waals surface area contributed by atoms with E-state index in [4.69, 9.17) is 0 Å². The van der Waals surface area contributed by atoms with Crippen molar-refractivity contribution < 1.29 is 0 Å². The molecular formula is C14H12BrN3Se. The number of hydrogen-bond donors (Lipinski definition) is 1. The van der Waals surface area contributed by atoms with Crippen LogP contribution in [0.3, 0.4) is 0 Å². The number of halogens is 1. The van der Waals surface area contributed by atoms with Gasteiger partial charge in [-0.25, -0.2) is 0 Å². The average molecular weight is 381 g/mol. The van der Waals surface area contributed by atoms with E-state index in [1.807, 2.05) is 18.2 Å². The maximum absolute atomic E-state index is 4.49. The molecule has 3 nitrogen and oxygen atoms in total. The van der Waals surface area contributed by atoms with E-state index in [1.165, 1.54) is 5.56 Å². The van der Waals surface area contributed by atoms with Crippen molar-refractivity contribution in [1.29, 1.82) is 0 Å². The van der Waals surface area contributed by atoms with E-state index in [0.717, 1.165) is 21.2 Å². The summed E-state index contributed by atoms with van der Waals surface area (Å²) in [6.07, 6.45) is 0. The van der Waals surface area contributed by atoms with Gasteiger partial charge in [0.05, 0.1) is 0 Å². The van der Waals surface area contributed by atoms with Gasteiger partial charge in [0.2, 0.25) is 0 Å². The molecule has 1 unspecified atom stereocenters. The summed E-state index contributed by atoms with van der Waals surface area (Å²) in [7, 11) is 0. The van der Waals surface area contributed by atoms with Crippen molar-refractivity contribution in [2.45, 2.75) is 13.0 Å². The minimum atomic E-state index is 0.0130. The predicted molar refractivity (Wildman–Crippen MR) is 82.7 cm³/mol. The molecule has 0 saturated carbocycles. The number of nitrogens with zero attached hydrogens (tertiary/aromatic N) is 2. The fourth-order valence-electron chi connectivity index (χ4n) is 2.02. The van der Waals surface area contributed by atoms with E-state index in [0.29, 0.717) is 0 Å². The molecule has 1 heterocycles. The molecule has 0 radical (unpaired) electrons. The Morgan fingerprint density at radius 1 is 1.16 bits per heavy atom. The normalized spacial score (nSPS) is 12.5. The fourth-order valence-corrected chi connectivity index (χ4v) is 3.59. The molecular weight excluding hydrogens is 369 g/mol. The van der Waals surface area contributed by atoms with Crippen LogP contribution >= 0.6 is 15.9 Å². The van der Waals surface area contributed by atoms with Crippen molar-refractivity contribution in [3.05, 3.63) is 52.5 Å². The van der Waals surface area contributed by atoms with E-state index in [-0.39, 0.29) is 21.0 Å². The molecule has 1 N–H and O–H groups in total. The zero-order valence-corrected chi connectivity index (χ0v) is 13.6. The first-order valence-electron chi connectivity index (χ1n) is 5.97. The van der Waals surface area contributed by atoms with Gasteiger partial charge < -0.3 is 0 Å². The number of aromatic nitrogens is 2. The Balaban J connectivity index is 1.90. The first-order chi connectivity index (χ1) is 9.24. The van der Waals surface area contributed by atoms with Crippen LogP contribution in [0.1, 0.15) is 18.5 Å². The van der Waals surface area contributed by atoms with Crippen LogP contribution in [0.5, 0.6) is 0 Å². The zero-order chi connectivity index (χ0) is 13.2. The number of nitrogens with one attached hydrogen (secondary N) is 1. The summed E-state index contributed by atoms with van der Waals surface area (Å²) in [5, 5.41) is 3.52. The molecule has 0 bridgehead atoms. The number of hydrogen-bond acceptors (Lipinski definition) is 3. The molecule has 0 aliphatic heterocycles. The molecule has 0 aliphatic rings. The molecule has 0 aliphatic carbocycles. The number of anilines is 1. The molecule has 0 saturated heterocycles. The third-order valence-corrected chi connectivity index (χ3v) is 4.64. The first-order valence-corrected chi connectivity index (χ1v) is 8.30. The average Bonchev–Trinajstić information content (AvgIpc) is 2.88. The van der Waals surface area contributed by atoms with Gasteiger partial charge in [0, 0.05) is 0 Å². The Bertz CT molecular complexity index is 710. The Hall–Kier alpha value is -1.16. The van der Waals surface area contributed by atoms with Crippen LogP contribution < -0.4 is 5.32 Å². The van der Waals surface area contributed by atoms with Crippen LogP contribution in [-0.2, 0) is 0 Å². The topological polar surface area (TPSA) is 37.8 Å². The van der Waals surface area contributed by atoms with E-state index in [1.54, 1.807) is 0 Å². The molecule has 1 aromatic heterocycles. The molecule has 0 spiro atoms. The summed E-state index contributed by atoms with van der Waals surface area (Å²) in [4.78, 5) is 0. The predicted octanol–water partition coefficient (Wildman–Crippen LogP) is 3.62. The van der Waals surface area contributed by atoms with Gasteiger partial charge in [-0.2, -0.15) is 0 Å². The summed E-state index contributed by atoms with van der Waals surface area (Å²) >= 11 is 3.52. The van der Waals surface area contributed by atoms with Gasteiger partial charge in [0.15, 0.2) is 0 Å². The SMILES string of the molecule is CC(Nc1cccc2n[se]nc12)c1cccc(Br)c1. The van der Waals surface area contributed by atoms with E-state index in [9.17, 15) is 0 Å².